The molecule has 16 heavy (non-hydrogen) atoms. The highest BCUT2D eigenvalue weighted by molar-refractivity contribution is 6.40. The summed E-state index contributed by atoms with van der Waals surface area (Å²) in [5, 5.41) is 7.78. The third kappa shape index (κ3) is 3.73. The SMILES string of the molecule is CCC(=N)C(C)=NC1CC(C)CC(C)(C)C1. The summed E-state index contributed by atoms with van der Waals surface area (Å²) in [6.45, 7) is 11.0. The first-order valence-electron chi connectivity index (χ1n) is 6.46. The van der Waals surface area contributed by atoms with E-state index in [1.807, 2.05) is 13.8 Å². The lowest BCUT2D eigenvalue weighted by atomic mass is 9.71. The summed E-state index contributed by atoms with van der Waals surface area (Å²) in [6, 6.07) is 0.436. The zero-order chi connectivity index (χ0) is 12.3. The van der Waals surface area contributed by atoms with E-state index in [1.54, 1.807) is 0 Å². The average Bonchev–Trinajstić information content (AvgIpc) is 2.12. The number of rotatable bonds is 3. The van der Waals surface area contributed by atoms with Gasteiger partial charge >= 0.3 is 0 Å². The lowest BCUT2D eigenvalue weighted by Crippen LogP contribution is -2.30. The van der Waals surface area contributed by atoms with Crippen LogP contribution in [0.15, 0.2) is 4.99 Å². The fraction of sp³-hybridized carbons (Fsp3) is 0.857. The first-order chi connectivity index (χ1) is 7.34. The molecule has 2 heteroatoms. The smallest absolute Gasteiger partial charge is 0.0528 e. The van der Waals surface area contributed by atoms with Gasteiger partial charge in [0.1, 0.15) is 0 Å². The zero-order valence-electron chi connectivity index (χ0n) is 11.4. The Morgan fingerprint density at radius 1 is 1.38 bits per heavy atom. The maximum atomic E-state index is 7.78. The molecule has 1 saturated carbocycles. The maximum Gasteiger partial charge on any atom is 0.0528 e. The Bertz CT molecular complexity index is 289. The minimum atomic E-state index is 0.417. The van der Waals surface area contributed by atoms with Crippen LogP contribution in [-0.4, -0.2) is 17.5 Å². The molecule has 1 rings (SSSR count). The van der Waals surface area contributed by atoms with E-state index in [0.29, 0.717) is 17.2 Å². The Balaban J connectivity index is 2.70. The van der Waals surface area contributed by atoms with E-state index in [9.17, 15) is 0 Å². The number of hydrogen-bond donors (Lipinski definition) is 1. The third-order valence-corrected chi connectivity index (χ3v) is 3.53. The van der Waals surface area contributed by atoms with Crippen molar-refractivity contribution in [3.05, 3.63) is 0 Å². The molecule has 0 radical (unpaired) electrons. The van der Waals surface area contributed by atoms with E-state index in [-0.39, 0.29) is 0 Å². The fourth-order valence-electron chi connectivity index (χ4n) is 3.00. The Kier molecular flexibility index (Phi) is 4.28. The van der Waals surface area contributed by atoms with Crippen molar-refractivity contribution >= 4 is 11.4 Å². The second kappa shape index (κ2) is 5.11. The summed E-state index contributed by atoms with van der Waals surface area (Å²) in [5.74, 6) is 0.765. The molecule has 0 bridgehead atoms. The molecule has 2 atom stereocenters. The van der Waals surface area contributed by atoms with E-state index < -0.39 is 0 Å². The van der Waals surface area contributed by atoms with Gasteiger partial charge in [-0.25, -0.2) is 0 Å². The summed E-state index contributed by atoms with van der Waals surface area (Å²) in [5.41, 5.74) is 2.05. The van der Waals surface area contributed by atoms with Crippen molar-refractivity contribution in [2.24, 2.45) is 16.3 Å². The molecular weight excluding hydrogens is 196 g/mol. The second-order valence-corrected chi connectivity index (χ2v) is 6.11. The molecule has 2 nitrogen and oxygen atoms in total. The highest BCUT2D eigenvalue weighted by Crippen LogP contribution is 2.39. The molecule has 0 saturated heterocycles. The van der Waals surface area contributed by atoms with Crippen LogP contribution in [0, 0.1) is 16.7 Å². The van der Waals surface area contributed by atoms with Crippen LogP contribution in [0.2, 0.25) is 0 Å². The normalized spacial score (nSPS) is 30.2. The standard InChI is InChI=1S/C14H26N2/c1-6-13(15)11(3)16-12-7-10(2)8-14(4,5)9-12/h10,12,15H,6-9H2,1-5H3. The number of aliphatic imine (C=N–C) groups is 1. The lowest BCUT2D eigenvalue weighted by Gasteiger charge is -2.37. The van der Waals surface area contributed by atoms with Crippen LogP contribution < -0.4 is 0 Å². The first kappa shape index (κ1) is 13.4. The van der Waals surface area contributed by atoms with Crippen molar-refractivity contribution in [2.75, 3.05) is 0 Å². The van der Waals surface area contributed by atoms with Crippen LogP contribution in [-0.2, 0) is 0 Å². The van der Waals surface area contributed by atoms with Crippen molar-refractivity contribution in [3.8, 4) is 0 Å². The van der Waals surface area contributed by atoms with E-state index in [4.69, 9.17) is 10.4 Å². The van der Waals surface area contributed by atoms with E-state index in [1.165, 1.54) is 19.3 Å². The maximum absolute atomic E-state index is 7.78. The molecule has 0 aromatic carbocycles. The van der Waals surface area contributed by atoms with E-state index >= 15 is 0 Å². The van der Waals surface area contributed by atoms with Gasteiger partial charge in [-0.2, -0.15) is 0 Å². The van der Waals surface area contributed by atoms with Crippen molar-refractivity contribution in [1.29, 1.82) is 5.41 Å². The molecule has 0 amide bonds. The van der Waals surface area contributed by atoms with Gasteiger partial charge in [-0.3, -0.25) is 4.99 Å². The van der Waals surface area contributed by atoms with Gasteiger partial charge in [0.25, 0.3) is 0 Å². The van der Waals surface area contributed by atoms with E-state index in [2.05, 4.69) is 20.8 Å². The van der Waals surface area contributed by atoms with E-state index in [0.717, 1.165) is 18.1 Å². The van der Waals surface area contributed by atoms with Gasteiger partial charge in [0.15, 0.2) is 0 Å². The van der Waals surface area contributed by atoms with Crippen molar-refractivity contribution in [1.82, 2.24) is 0 Å². The van der Waals surface area contributed by atoms with Crippen LogP contribution >= 0.6 is 0 Å². The van der Waals surface area contributed by atoms with Gasteiger partial charge in [-0.1, -0.05) is 27.7 Å². The number of nitrogens with one attached hydrogen (secondary N) is 1. The fourth-order valence-corrected chi connectivity index (χ4v) is 3.00. The number of nitrogens with zero attached hydrogens (tertiary/aromatic N) is 1. The molecule has 1 fully saturated rings. The van der Waals surface area contributed by atoms with Gasteiger partial charge in [0.05, 0.1) is 17.5 Å². The zero-order valence-corrected chi connectivity index (χ0v) is 11.4. The predicted molar refractivity (Wildman–Crippen MR) is 71.7 cm³/mol. The van der Waals surface area contributed by atoms with Crippen LogP contribution in [0.1, 0.15) is 60.3 Å². The van der Waals surface area contributed by atoms with Gasteiger partial charge in [-0.05, 0) is 43.9 Å². The molecule has 0 heterocycles. The Labute approximate surface area is 100 Å². The van der Waals surface area contributed by atoms with Crippen LogP contribution in [0.25, 0.3) is 0 Å². The molecule has 0 aromatic rings. The summed E-state index contributed by atoms with van der Waals surface area (Å²) >= 11 is 0. The van der Waals surface area contributed by atoms with Crippen molar-refractivity contribution in [3.63, 3.8) is 0 Å². The second-order valence-electron chi connectivity index (χ2n) is 6.11. The van der Waals surface area contributed by atoms with Gasteiger partial charge in [0, 0.05) is 0 Å². The largest absolute Gasteiger partial charge is 0.303 e. The minimum absolute atomic E-state index is 0.417. The van der Waals surface area contributed by atoms with Gasteiger partial charge in [0.2, 0.25) is 0 Å². The summed E-state index contributed by atoms with van der Waals surface area (Å²) in [4.78, 5) is 4.74. The first-order valence-corrected chi connectivity index (χ1v) is 6.46. The van der Waals surface area contributed by atoms with Crippen molar-refractivity contribution < 1.29 is 0 Å². The lowest BCUT2D eigenvalue weighted by molar-refractivity contribution is 0.171. The Hall–Kier alpha value is -0.660. The summed E-state index contributed by atoms with van der Waals surface area (Å²) in [7, 11) is 0. The van der Waals surface area contributed by atoms with Gasteiger partial charge < -0.3 is 5.41 Å². The molecular formula is C14H26N2. The van der Waals surface area contributed by atoms with Crippen LogP contribution in [0.3, 0.4) is 0 Å². The predicted octanol–water partition coefficient (Wildman–Crippen LogP) is 4.09. The van der Waals surface area contributed by atoms with Crippen LogP contribution in [0.5, 0.6) is 0 Å². The topological polar surface area (TPSA) is 36.2 Å². The number of hydrogen-bond acceptors (Lipinski definition) is 2. The Morgan fingerprint density at radius 3 is 2.50 bits per heavy atom. The molecule has 92 valence electrons. The molecule has 0 aromatic heterocycles. The van der Waals surface area contributed by atoms with Crippen LogP contribution in [0.4, 0.5) is 0 Å². The third-order valence-electron chi connectivity index (χ3n) is 3.53. The molecule has 0 aliphatic heterocycles. The molecule has 1 aliphatic rings. The Morgan fingerprint density at radius 2 is 2.00 bits per heavy atom. The highest BCUT2D eigenvalue weighted by atomic mass is 14.8. The molecule has 0 spiro atoms. The van der Waals surface area contributed by atoms with Gasteiger partial charge in [-0.15, -0.1) is 0 Å². The summed E-state index contributed by atoms with van der Waals surface area (Å²) < 4.78 is 0. The van der Waals surface area contributed by atoms with Crippen molar-refractivity contribution in [2.45, 2.75) is 66.3 Å². The average molecular weight is 222 g/mol. The molecule has 2 unspecified atom stereocenters. The minimum Gasteiger partial charge on any atom is -0.303 e. The molecule has 1 aliphatic carbocycles. The molecule has 1 N–H and O–H groups in total. The monoisotopic (exact) mass is 222 g/mol. The quantitative estimate of drug-likeness (QED) is 0.698. The summed E-state index contributed by atoms with van der Waals surface area (Å²) in [6.07, 6.45) is 4.47. The highest BCUT2D eigenvalue weighted by Gasteiger charge is 2.31.